The van der Waals surface area contributed by atoms with Crippen LogP contribution in [0.25, 0.3) is 0 Å². The summed E-state index contributed by atoms with van der Waals surface area (Å²) in [5.74, 6) is -0.969. The molecule has 1 atom stereocenters. The number of hydrogen-bond acceptors (Lipinski definition) is 2. The summed E-state index contributed by atoms with van der Waals surface area (Å²) in [6.07, 6.45) is 0.805. The van der Waals surface area contributed by atoms with E-state index in [1.165, 1.54) is 6.07 Å². The Balaban J connectivity index is 2.13. The molecule has 1 aliphatic heterocycles. The van der Waals surface area contributed by atoms with Gasteiger partial charge in [-0.1, -0.05) is 12.1 Å². The van der Waals surface area contributed by atoms with E-state index in [0.717, 1.165) is 12.1 Å². The highest BCUT2D eigenvalue weighted by atomic mass is 19.1. The SMILES string of the molecule is CN1CCC(F)(Cc2cccc(C(=O)O)c2)C1. The number of alkyl halides is 1. The Labute approximate surface area is 99.9 Å². The van der Waals surface area contributed by atoms with E-state index in [1.807, 2.05) is 11.9 Å². The topological polar surface area (TPSA) is 40.5 Å². The first-order valence-corrected chi connectivity index (χ1v) is 5.68. The van der Waals surface area contributed by atoms with Crippen LogP contribution in [0.4, 0.5) is 4.39 Å². The van der Waals surface area contributed by atoms with E-state index >= 15 is 0 Å². The quantitative estimate of drug-likeness (QED) is 0.873. The van der Waals surface area contributed by atoms with Crippen molar-refractivity contribution in [1.82, 2.24) is 4.90 Å². The van der Waals surface area contributed by atoms with Gasteiger partial charge in [-0.15, -0.1) is 0 Å². The molecule has 0 bridgehead atoms. The molecule has 1 saturated heterocycles. The first-order chi connectivity index (χ1) is 7.98. The molecular weight excluding hydrogens is 221 g/mol. The second-order valence-corrected chi connectivity index (χ2v) is 4.82. The Morgan fingerprint density at radius 2 is 2.35 bits per heavy atom. The molecule has 1 aliphatic rings. The van der Waals surface area contributed by atoms with Crippen LogP contribution >= 0.6 is 0 Å². The molecular formula is C13H16FNO2. The normalized spacial score (nSPS) is 25.1. The van der Waals surface area contributed by atoms with Crippen LogP contribution in [0.2, 0.25) is 0 Å². The third kappa shape index (κ3) is 2.82. The summed E-state index contributed by atoms with van der Waals surface area (Å²) >= 11 is 0. The molecule has 92 valence electrons. The van der Waals surface area contributed by atoms with E-state index in [2.05, 4.69) is 0 Å². The van der Waals surface area contributed by atoms with Crippen LogP contribution in [0.1, 0.15) is 22.3 Å². The van der Waals surface area contributed by atoms with Gasteiger partial charge in [0.05, 0.1) is 5.56 Å². The van der Waals surface area contributed by atoms with E-state index in [0.29, 0.717) is 19.4 Å². The number of carbonyl (C=O) groups is 1. The number of aromatic carboxylic acids is 1. The third-order valence-electron chi connectivity index (χ3n) is 3.19. The van der Waals surface area contributed by atoms with Crippen LogP contribution < -0.4 is 0 Å². The number of hydrogen-bond donors (Lipinski definition) is 1. The van der Waals surface area contributed by atoms with E-state index in [-0.39, 0.29) is 5.56 Å². The highest BCUT2D eigenvalue weighted by Gasteiger charge is 2.36. The molecule has 2 rings (SSSR count). The Morgan fingerprint density at radius 3 is 2.94 bits per heavy atom. The van der Waals surface area contributed by atoms with E-state index < -0.39 is 11.6 Å². The molecule has 17 heavy (non-hydrogen) atoms. The Kier molecular flexibility index (Phi) is 3.15. The van der Waals surface area contributed by atoms with Crippen molar-refractivity contribution in [3.8, 4) is 0 Å². The minimum atomic E-state index is -1.22. The van der Waals surface area contributed by atoms with Gasteiger partial charge >= 0.3 is 5.97 Å². The van der Waals surface area contributed by atoms with Crippen molar-refractivity contribution < 1.29 is 14.3 Å². The standard InChI is InChI=1S/C13H16FNO2/c1-15-6-5-13(14,9-15)8-10-3-2-4-11(7-10)12(16)17/h2-4,7H,5-6,8-9H2,1H3,(H,16,17). The van der Waals surface area contributed by atoms with Crippen molar-refractivity contribution in [1.29, 1.82) is 0 Å². The van der Waals surface area contributed by atoms with E-state index in [4.69, 9.17) is 5.11 Å². The lowest BCUT2D eigenvalue weighted by atomic mass is 9.94. The van der Waals surface area contributed by atoms with Gasteiger partial charge in [0.25, 0.3) is 0 Å². The molecule has 1 unspecified atom stereocenters. The maximum absolute atomic E-state index is 14.4. The maximum atomic E-state index is 14.4. The lowest BCUT2D eigenvalue weighted by Gasteiger charge is -2.19. The summed E-state index contributed by atoms with van der Waals surface area (Å²) in [6.45, 7) is 1.18. The maximum Gasteiger partial charge on any atom is 0.335 e. The zero-order chi connectivity index (χ0) is 12.5. The summed E-state index contributed by atoms with van der Waals surface area (Å²) < 4.78 is 14.4. The van der Waals surface area contributed by atoms with Crippen molar-refractivity contribution in [3.05, 3.63) is 35.4 Å². The van der Waals surface area contributed by atoms with Crippen molar-refractivity contribution in [2.24, 2.45) is 0 Å². The zero-order valence-electron chi connectivity index (χ0n) is 9.82. The minimum absolute atomic E-state index is 0.220. The number of carboxylic acids is 1. The fourth-order valence-corrected chi connectivity index (χ4v) is 2.36. The van der Waals surface area contributed by atoms with Gasteiger partial charge in [0.1, 0.15) is 5.67 Å². The van der Waals surface area contributed by atoms with Crippen molar-refractivity contribution in [2.45, 2.75) is 18.5 Å². The molecule has 1 N–H and O–H groups in total. The lowest BCUT2D eigenvalue weighted by molar-refractivity contribution is 0.0696. The number of benzene rings is 1. The van der Waals surface area contributed by atoms with Gasteiger partial charge in [-0.3, -0.25) is 0 Å². The van der Waals surface area contributed by atoms with Crippen LogP contribution in [0.3, 0.4) is 0 Å². The van der Waals surface area contributed by atoms with Crippen LogP contribution in [0.5, 0.6) is 0 Å². The minimum Gasteiger partial charge on any atom is -0.478 e. The molecule has 0 aromatic heterocycles. The fraction of sp³-hybridized carbons (Fsp3) is 0.462. The van der Waals surface area contributed by atoms with Gasteiger partial charge in [0, 0.05) is 19.5 Å². The van der Waals surface area contributed by atoms with Crippen LogP contribution in [-0.2, 0) is 6.42 Å². The molecule has 0 aliphatic carbocycles. The summed E-state index contributed by atoms with van der Waals surface area (Å²) in [7, 11) is 1.90. The second-order valence-electron chi connectivity index (χ2n) is 4.82. The van der Waals surface area contributed by atoms with Gasteiger partial charge in [-0.2, -0.15) is 0 Å². The summed E-state index contributed by atoms with van der Waals surface area (Å²) in [5.41, 5.74) is -0.244. The highest BCUT2D eigenvalue weighted by molar-refractivity contribution is 5.87. The fourth-order valence-electron chi connectivity index (χ4n) is 2.36. The van der Waals surface area contributed by atoms with Crippen molar-refractivity contribution in [3.63, 3.8) is 0 Å². The Hall–Kier alpha value is -1.42. The predicted molar refractivity (Wildman–Crippen MR) is 63.1 cm³/mol. The van der Waals surface area contributed by atoms with Gasteiger partial charge in [-0.25, -0.2) is 9.18 Å². The molecule has 4 heteroatoms. The first kappa shape index (κ1) is 12.0. The molecule has 0 radical (unpaired) electrons. The summed E-state index contributed by atoms with van der Waals surface area (Å²) in [5, 5.41) is 8.87. The highest BCUT2D eigenvalue weighted by Crippen LogP contribution is 2.28. The van der Waals surface area contributed by atoms with Gasteiger partial charge < -0.3 is 10.0 Å². The molecule has 1 fully saturated rings. The van der Waals surface area contributed by atoms with E-state index in [1.54, 1.807) is 18.2 Å². The van der Waals surface area contributed by atoms with Crippen molar-refractivity contribution in [2.75, 3.05) is 20.1 Å². The molecule has 0 spiro atoms. The molecule has 1 aromatic carbocycles. The van der Waals surface area contributed by atoms with Gasteiger partial charge in [-0.05, 0) is 31.2 Å². The average Bonchev–Trinajstić information content (AvgIpc) is 2.58. The summed E-state index contributed by atoms with van der Waals surface area (Å²) in [6, 6.07) is 6.53. The molecule has 3 nitrogen and oxygen atoms in total. The summed E-state index contributed by atoms with van der Waals surface area (Å²) in [4.78, 5) is 12.8. The van der Waals surface area contributed by atoms with Crippen LogP contribution in [0.15, 0.2) is 24.3 Å². The lowest BCUT2D eigenvalue weighted by Crippen LogP contribution is -2.29. The molecule has 1 heterocycles. The molecule has 0 saturated carbocycles. The number of halogens is 1. The van der Waals surface area contributed by atoms with Gasteiger partial charge in [0.2, 0.25) is 0 Å². The average molecular weight is 237 g/mol. The predicted octanol–water partition coefficient (Wildman–Crippen LogP) is 1.97. The number of carboxylic acid groups (broad SMARTS) is 1. The zero-order valence-corrected chi connectivity index (χ0v) is 9.82. The number of likely N-dealkylation sites (tertiary alicyclic amines) is 1. The number of rotatable bonds is 3. The smallest absolute Gasteiger partial charge is 0.335 e. The number of nitrogens with zero attached hydrogens (tertiary/aromatic N) is 1. The van der Waals surface area contributed by atoms with Crippen molar-refractivity contribution >= 4 is 5.97 Å². The largest absolute Gasteiger partial charge is 0.478 e. The van der Waals surface area contributed by atoms with E-state index in [9.17, 15) is 9.18 Å². The monoisotopic (exact) mass is 237 g/mol. The van der Waals surface area contributed by atoms with Gasteiger partial charge in [0.15, 0.2) is 0 Å². The van der Waals surface area contributed by atoms with Crippen LogP contribution in [0, 0.1) is 0 Å². The molecule has 0 amide bonds. The second kappa shape index (κ2) is 4.45. The first-order valence-electron chi connectivity index (χ1n) is 5.68. The third-order valence-corrected chi connectivity index (χ3v) is 3.19. The Morgan fingerprint density at radius 1 is 1.59 bits per heavy atom. The van der Waals surface area contributed by atoms with Crippen LogP contribution in [-0.4, -0.2) is 41.8 Å². The molecule has 1 aromatic rings. The Bertz CT molecular complexity index is 435.